The maximum absolute atomic E-state index is 13.1. The highest BCUT2D eigenvalue weighted by atomic mass is 32.2. The van der Waals surface area contributed by atoms with Crippen LogP contribution in [0.1, 0.15) is 42.2 Å². The minimum Gasteiger partial charge on any atom is -0.495 e. The lowest BCUT2D eigenvalue weighted by Gasteiger charge is -2.13. The molecule has 204 valence electrons. The average Bonchev–Trinajstić information content (AvgIpc) is 3.28. The molecule has 0 saturated carbocycles. The number of carbonyl (C=O) groups excluding carboxylic acids is 2. The number of aromatic nitrogens is 1. The van der Waals surface area contributed by atoms with Crippen LogP contribution in [0.15, 0.2) is 47.4 Å². The molecular weight excluding hydrogens is 532 g/mol. The van der Waals surface area contributed by atoms with Crippen LogP contribution in [0.4, 0.5) is 5.13 Å². The minimum atomic E-state index is -3.97. The van der Waals surface area contributed by atoms with E-state index in [9.17, 15) is 18.0 Å². The third-order valence-electron chi connectivity index (χ3n) is 5.40. The molecule has 4 N–H and O–H groups in total. The molecule has 0 aliphatic heterocycles. The molecule has 0 aliphatic carbocycles. The molecule has 38 heavy (non-hydrogen) atoms. The molecule has 0 saturated heterocycles. The van der Waals surface area contributed by atoms with Crippen LogP contribution < -0.4 is 25.0 Å². The second-order valence-corrected chi connectivity index (χ2v) is 10.9. The molecule has 0 unspecified atom stereocenters. The number of hydroxylamine groups is 1. The van der Waals surface area contributed by atoms with Crippen LogP contribution in [0.5, 0.6) is 11.5 Å². The zero-order chi connectivity index (χ0) is 27.7. The monoisotopic (exact) mass is 562 g/mol. The van der Waals surface area contributed by atoms with Crippen molar-refractivity contribution in [2.24, 2.45) is 0 Å². The molecule has 0 bridgehead atoms. The number of nitrogens with one attached hydrogen (secondary N) is 3. The van der Waals surface area contributed by atoms with E-state index in [4.69, 9.17) is 14.7 Å². The van der Waals surface area contributed by atoms with Gasteiger partial charge in [0.15, 0.2) is 5.13 Å². The number of sulfonamides is 1. The van der Waals surface area contributed by atoms with Crippen molar-refractivity contribution in [1.29, 1.82) is 0 Å². The zero-order valence-corrected chi connectivity index (χ0v) is 22.9. The first-order valence-electron chi connectivity index (χ1n) is 11.8. The fraction of sp³-hybridized carbons (Fsp3) is 0.320. The Morgan fingerprint density at radius 1 is 1.13 bits per heavy atom. The Morgan fingerprint density at radius 3 is 2.53 bits per heavy atom. The molecule has 0 fully saturated rings. The Hall–Kier alpha value is -3.52. The normalized spacial score (nSPS) is 11.2. The van der Waals surface area contributed by atoms with Gasteiger partial charge in [-0.05, 0) is 61.4 Å². The van der Waals surface area contributed by atoms with Gasteiger partial charge in [-0.15, -0.1) is 0 Å². The number of methoxy groups -OCH3 is 1. The molecule has 0 atom stereocenters. The molecule has 1 aromatic heterocycles. The van der Waals surface area contributed by atoms with Crippen molar-refractivity contribution in [1.82, 2.24) is 15.2 Å². The van der Waals surface area contributed by atoms with E-state index >= 15 is 0 Å². The van der Waals surface area contributed by atoms with Gasteiger partial charge in [0.25, 0.3) is 5.91 Å². The number of ether oxygens (including phenoxy) is 2. The predicted molar refractivity (Wildman–Crippen MR) is 143 cm³/mol. The Morgan fingerprint density at radius 2 is 1.87 bits per heavy atom. The number of thiazole rings is 1. The van der Waals surface area contributed by atoms with Crippen LogP contribution in [-0.2, 0) is 14.8 Å². The molecule has 3 rings (SSSR count). The van der Waals surface area contributed by atoms with Gasteiger partial charge in [-0.25, -0.2) is 23.6 Å². The van der Waals surface area contributed by atoms with Crippen LogP contribution >= 0.6 is 11.3 Å². The average molecular weight is 563 g/mol. The van der Waals surface area contributed by atoms with Gasteiger partial charge in [-0.1, -0.05) is 24.7 Å². The van der Waals surface area contributed by atoms with Gasteiger partial charge in [0, 0.05) is 18.5 Å². The third kappa shape index (κ3) is 7.51. The van der Waals surface area contributed by atoms with Gasteiger partial charge in [0.1, 0.15) is 23.0 Å². The SMILES string of the molecule is CCCCC(=O)Nc1nc(C)c(-c2ccc(OC)c(S(=O)(=O)NCCOc3ccc(C(=O)NO)cc3)c2)s1. The maximum Gasteiger partial charge on any atom is 0.274 e. The Labute approximate surface area is 225 Å². The lowest BCUT2D eigenvalue weighted by Crippen LogP contribution is -2.28. The van der Waals surface area contributed by atoms with Crippen molar-refractivity contribution in [3.63, 3.8) is 0 Å². The highest BCUT2D eigenvalue weighted by Gasteiger charge is 2.22. The first-order valence-corrected chi connectivity index (χ1v) is 14.1. The summed E-state index contributed by atoms with van der Waals surface area (Å²) < 4.78 is 39.6. The number of hydrogen-bond acceptors (Lipinski definition) is 9. The molecule has 3 aromatic rings. The predicted octanol–water partition coefficient (Wildman–Crippen LogP) is 3.73. The van der Waals surface area contributed by atoms with Gasteiger partial charge in [0.05, 0.1) is 17.7 Å². The van der Waals surface area contributed by atoms with Gasteiger partial charge in [-0.3, -0.25) is 14.8 Å². The first kappa shape index (κ1) is 29.0. The largest absolute Gasteiger partial charge is 0.495 e. The number of nitrogens with zero attached hydrogens (tertiary/aromatic N) is 1. The van der Waals surface area contributed by atoms with Crippen molar-refractivity contribution in [2.75, 3.05) is 25.6 Å². The van der Waals surface area contributed by atoms with Gasteiger partial charge < -0.3 is 14.8 Å². The number of anilines is 1. The number of amides is 2. The van der Waals surface area contributed by atoms with Crippen LogP contribution in [0.2, 0.25) is 0 Å². The van der Waals surface area contributed by atoms with E-state index in [2.05, 4.69) is 15.0 Å². The van der Waals surface area contributed by atoms with E-state index in [1.54, 1.807) is 24.5 Å². The van der Waals surface area contributed by atoms with Crippen LogP contribution in [0, 0.1) is 6.92 Å². The number of carbonyl (C=O) groups is 2. The van der Waals surface area contributed by atoms with Crippen molar-refractivity contribution >= 4 is 38.3 Å². The van der Waals surface area contributed by atoms with E-state index in [0.717, 1.165) is 17.7 Å². The number of unbranched alkanes of at least 4 members (excludes halogenated alkanes) is 1. The summed E-state index contributed by atoms with van der Waals surface area (Å²) in [5, 5.41) is 11.9. The van der Waals surface area contributed by atoms with Crippen molar-refractivity contribution < 1.29 is 32.7 Å². The Bertz CT molecular complexity index is 1370. The molecule has 11 nitrogen and oxygen atoms in total. The van der Waals surface area contributed by atoms with Crippen molar-refractivity contribution in [3.05, 3.63) is 53.7 Å². The molecule has 0 radical (unpaired) electrons. The van der Waals surface area contributed by atoms with Crippen LogP contribution in [0.25, 0.3) is 10.4 Å². The molecule has 2 aromatic carbocycles. The second kappa shape index (κ2) is 13.3. The summed E-state index contributed by atoms with van der Waals surface area (Å²) in [6, 6.07) is 10.8. The highest BCUT2D eigenvalue weighted by molar-refractivity contribution is 7.89. The van der Waals surface area contributed by atoms with Crippen LogP contribution in [-0.4, -0.2) is 50.7 Å². The molecule has 1 heterocycles. The van der Waals surface area contributed by atoms with E-state index in [0.29, 0.717) is 28.6 Å². The van der Waals surface area contributed by atoms with E-state index in [-0.39, 0.29) is 35.3 Å². The number of aryl methyl sites for hydroxylation is 1. The molecule has 0 aliphatic rings. The maximum atomic E-state index is 13.1. The molecule has 0 spiro atoms. The summed E-state index contributed by atoms with van der Waals surface area (Å²) in [5.74, 6) is -0.156. The summed E-state index contributed by atoms with van der Waals surface area (Å²) in [6.45, 7) is 3.81. The molecule has 2 amide bonds. The van der Waals surface area contributed by atoms with E-state index in [1.807, 2.05) is 6.92 Å². The third-order valence-corrected chi connectivity index (χ3v) is 8.00. The zero-order valence-electron chi connectivity index (χ0n) is 21.2. The van der Waals surface area contributed by atoms with Crippen LogP contribution in [0.3, 0.4) is 0 Å². The van der Waals surface area contributed by atoms with Gasteiger partial charge >= 0.3 is 0 Å². The number of rotatable bonds is 13. The highest BCUT2D eigenvalue weighted by Crippen LogP contribution is 2.36. The second-order valence-electron chi connectivity index (χ2n) is 8.16. The lowest BCUT2D eigenvalue weighted by atomic mass is 10.1. The quantitative estimate of drug-likeness (QED) is 0.139. The van der Waals surface area contributed by atoms with E-state index in [1.165, 1.54) is 48.8 Å². The summed E-state index contributed by atoms with van der Waals surface area (Å²) in [5.41, 5.74) is 3.07. The smallest absolute Gasteiger partial charge is 0.274 e. The minimum absolute atomic E-state index is 0.0257. The number of hydrogen-bond donors (Lipinski definition) is 4. The number of benzene rings is 2. The standard InChI is InChI=1S/C25H30N4O7S2/c1-4-5-6-22(30)28-25-27-16(2)23(37-25)18-9-12-20(35-3)21(15-18)38(33,34)26-13-14-36-19-10-7-17(8-11-19)24(31)29-32/h7-12,15,26,32H,4-6,13-14H2,1-3H3,(H,29,31)(H,27,28,30). The first-order chi connectivity index (χ1) is 18.2. The summed E-state index contributed by atoms with van der Waals surface area (Å²) in [4.78, 5) is 28.6. The van der Waals surface area contributed by atoms with Crippen molar-refractivity contribution in [3.8, 4) is 21.9 Å². The van der Waals surface area contributed by atoms with Gasteiger partial charge in [-0.2, -0.15) is 0 Å². The van der Waals surface area contributed by atoms with Gasteiger partial charge in [0.2, 0.25) is 15.9 Å². The topological polar surface area (TPSA) is 156 Å². The molecule has 13 heteroatoms. The fourth-order valence-electron chi connectivity index (χ4n) is 3.45. The lowest BCUT2D eigenvalue weighted by molar-refractivity contribution is -0.116. The fourth-order valence-corrected chi connectivity index (χ4v) is 5.64. The Kier molecular flexibility index (Phi) is 10.2. The summed E-state index contributed by atoms with van der Waals surface area (Å²) in [7, 11) is -2.58. The summed E-state index contributed by atoms with van der Waals surface area (Å²) >= 11 is 1.27. The van der Waals surface area contributed by atoms with Crippen molar-refractivity contribution in [2.45, 2.75) is 38.0 Å². The van der Waals surface area contributed by atoms with E-state index < -0.39 is 15.9 Å². The molecular formula is C25H30N4O7S2. The summed E-state index contributed by atoms with van der Waals surface area (Å²) in [6.07, 6.45) is 2.12. The Balaban J connectivity index is 1.69.